The van der Waals surface area contributed by atoms with Gasteiger partial charge in [0.05, 0.1) is 27.8 Å². The summed E-state index contributed by atoms with van der Waals surface area (Å²) in [5.41, 5.74) is 1.85. The van der Waals surface area contributed by atoms with Gasteiger partial charge in [0.25, 0.3) is 10.0 Å². The number of anilines is 2. The second-order valence-electron chi connectivity index (χ2n) is 7.74. The van der Waals surface area contributed by atoms with E-state index in [4.69, 9.17) is 11.6 Å². The molecular formula is C20H23ClN4O4S2. The summed E-state index contributed by atoms with van der Waals surface area (Å²) in [5.74, 6) is 0.389. The van der Waals surface area contributed by atoms with Crippen LogP contribution in [0.5, 0.6) is 0 Å². The van der Waals surface area contributed by atoms with E-state index >= 15 is 0 Å². The van der Waals surface area contributed by atoms with E-state index in [1.165, 1.54) is 12.3 Å². The monoisotopic (exact) mass is 482 g/mol. The average molecular weight is 483 g/mol. The maximum Gasteiger partial charge on any atom is 0.286 e. The van der Waals surface area contributed by atoms with Crippen LogP contribution < -0.4 is 10.2 Å². The van der Waals surface area contributed by atoms with Crippen molar-refractivity contribution in [3.05, 3.63) is 47.0 Å². The first-order chi connectivity index (χ1) is 14.5. The Kier molecular flexibility index (Phi) is 5.76. The molecule has 166 valence electrons. The van der Waals surface area contributed by atoms with Crippen LogP contribution in [-0.2, 0) is 19.9 Å². The molecule has 2 aromatic rings. The number of hydrogen-bond acceptors (Lipinski definition) is 7. The first-order valence-corrected chi connectivity index (χ1v) is 13.4. The smallest absolute Gasteiger partial charge is 0.286 e. The number of rotatable bonds is 4. The summed E-state index contributed by atoms with van der Waals surface area (Å²) in [6.45, 7) is 4.67. The number of sulfonamides is 1. The number of aryl methyl sites for hydroxylation is 1. The molecule has 2 aliphatic rings. The first kappa shape index (κ1) is 22.1. The minimum Gasteiger partial charge on any atom is -0.368 e. The van der Waals surface area contributed by atoms with Crippen molar-refractivity contribution in [2.45, 2.75) is 16.7 Å². The summed E-state index contributed by atoms with van der Waals surface area (Å²) in [4.78, 5) is 4.61. The molecule has 8 nitrogen and oxygen atoms in total. The van der Waals surface area contributed by atoms with Crippen molar-refractivity contribution in [2.75, 3.05) is 49.2 Å². The third-order valence-electron chi connectivity index (χ3n) is 5.40. The van der Waals surface area contributed by atoms with Crippen molar-refractivity contribution in [2.24, 2.45) is 4.40 Å². The largest absolute Gasteiger partial charge is 0.368 e. The Labute approximate surface area is 187 Å². The van der Waals surface area contributed by atoms with E-state index in [0.29, 0.717) is 60.5 Å². The number of para-hydroxylation sites is 1. The van der Waals surface area contributed by atoms with Gasteiger partial charge in [-0.2, -0.15) is 8.42 Å². The number of amidine groups is 1. The van der Waals surface area contributed by atoms with Gasteiger partial charge in [0.1, 0.15) is 10.7 Å². The molecule has 4 rings (SSSR count). The van der Waals surface area contributed by atoms with E-state index in [-0.39, 0.29) is 9.79 Å². The van der Waals surface area contributed by atoms with Crippen LogP contribution in [0.25, 0.3) is 0 Å². The summed E-state index contributed by atoms with van der Waals surface area (Å²) in [6, 6.07) is 10.0. The second-order valence-corrected chi connectivity index (χ2v) is 11.7. The highest BCUT2D eigenvalue weighted by atomic mass is 35.5. The van der Waals surface area contributed by atoms with Crippen LogP contribution >= 0.6 is 11.6 Å². The van der Waals surface area contributed by atoms with E-state index in [2.05, 4.69) is 19.5 Å². The fourth-order valence-electron chi connectivity index (χ4n) is 3.88. The number of benzene rings is 2. The quantitative estimate of drug-likeness (QED) is 0.714. The Bertz CT molecular complexity index is 1270. The van der Waals surface area contributed by atoms with E-state index in [1.807, 2.05) is 0 Å². The van der Waals surface area contributed by atoms with Crippen molar-refractivity contribution in [3.63, 3.8) is 0 Å². The molecule has 1 N–H and O–H groups in total. The predicted octanol–water partition coefficient (Wildman–Crippen LogP) is 2.39. The van der Waals surface area contributed by atoms with Gasteiger partial charge in [-0.15, -0.1) is 4.40 Å². The summed E-state index contributed by atoms with van der Waals surface area (Å²) in [5, 5.41) is 3.62. The second kappa shape index (κ2) is 8.09. The number of sulfone groups is 1. The van der Waals surface area contributed by atoms with E-state index < -0.39 is 19.9 Å². The molecule has 31 heavy (non-hydrogen) atoms. The van der Waals surface area contributed by atoms with Gasteiger partial charge in [-0.25, -0.2) is 8.42 Å². The highest BCUT2D eigenvalue weighted by Crippen LogP contribution is 2.32. The number of halogens is 1. The minimum atomic E-state index is -3.71. The molecule has 2 aromatic carbocycles. The molecule has 0 aromatic heterocycles. The summed E-state index contributed by atoms with van der Waals surface area (Å²) in [7, 11) is -7.06. The fraction of sp³-hybridized carbons (Fsp3) is 0.350. The highest BCUT2D eigenvalue weighted by Gasteiger charge is 2.27. The predicted molar refractivity (Wildman–Crippen MR) is 123 cm³/mol. The van der Waals surface area contributed by atoms with Crippen molar-refractivity contribution >= 4 is 48.7 Å². The van der Waals surface area contributed by atoms with Gasteiger partial charge in [-0.1, -0.05) is 23.7 Å². The van der Waals surface area contributed by atoms with Crippen LogP contribution in [0.4, 0.5) is 11.4 Å². The molecule has 0 spiro atoms. The average Bonchev–Trinajstić information content (AvgIpc) is 2.67. The maximum absolute atomic E-state index is 12.4. The lowest BCUT2D eigenvalue weighted by atomic mass is 10.2. The SMILES string of the molecule is Cc1cc(Cl)c(N2CCN(CC3=NS(=O)(=O)c4ccccc4N3)CC2)cc1S(C)(=O)=O. The van der Waals surface area contributed by atoms with Gasteiger partial charge in [0.2, 0.25) is 0 Å². The van der Waals surface area contributed by atoms with Crippen molar-refractivity contribution in [3.8, 4) is 0 Å². The van der Waals surface area contributed by atoms with Crippen molar-refractivity contribution < 1.29 is 16.8 Å². The molecule has 0 unspecified atom stereocenters. The molecule has 0 saturated carbocycles. The molecule has 0 atom stereocenters. The Morgan fingerprint density at radius 2 is 1.81 bits per heavy atom. The number of hydrogen-bond donors (Lipinski definition) is 1. The van der Waals surface area contributed by atoms with E-state index in [0.717, 1.165) is 0 Å². The van der Waals surface area contributed by atoms with Gasteiger partial charge in [0.15, 0.2) is 9.84 Å². The molecule has 2 heterocycles. The molecule has 0 bridgehead atoms. The summed E-state index contributed by atoms with van der Waals surface area (Å²) in [6.07, 6.45) is 1.19. The highest BCUT2D eigenvalue weighted by molar-refractivity contribution is 7.91. The molecular weight excluding hydrogens is 460 g/mol. The topological polar surface area (TPSA) is 99.1 Å². The maximum atomic E-state index is 12.4. The fourth-order valence-corrected chi connectivity index (χ4v) is 6.32. The Morgan fingerprint density at radius 1 is 1.13 bits per heavy atom. The van der Waals surface area contributed by atoms with Gasteiger partial charge in [-0.05, 0) is 36.8 Å². The van der Waals surface area contributed by atoms with Crippen LogP contribution in [0.15, 0.2) is 50.6 Å². The normalized spacial score (nSPS) is 18.8. The lowest BCUT2D eigenvalue weighted by molar-refractivity contribution is 0.291. The molecule has 0 radical (unpaired) electrons. The Hall–Kier alpha value is -2.14. The van der Waals surface area contributed by atoms with Gasteiger partial charge >= 0.3 is 0 Å². The van der Waals surface area contributed by atoms with Crippen LogP contribution in [-0.4, -0.2) is 66.6 Å². The van der Waals surface area contributed by atoms with Crippen molar-refractivity contribution in [1.29, 1.82) is 0 Å². The Balaban J connectivity index is 1.46. The zero-order chi connectivity index (χ0) is 22.4. The minimum absolute atomic E-state index is 0.180. The number of fused-ring (bicyclic) bond motifs is 1. The van der Waals surface area contributed by atoms with Gasteiger partial charge < -0.3 is 10.2 Å². The van der Waals surface area contributed by atoms with Crippen LogP contribution in [0, 0.1) is 6.92 Å². The third-order valence-corrected chi connectivity index (χ3v) is 8.32. The lowest BCUT2D eigenvalue weighted by Crippen LogP contribution is -2.49. The van der Waals surface area contributed by atoms with Crippen LogP contribution in [0.2, 0.25) is 5.02 Å². The Morgan fingerprint density at radius 3 is 2.48 bits per heavy atom. The van der Waals surface area contributed by atoms with E-state index in [9.17, 15) is 16.8 Å². The molecule has 2 aliphatic heterocycles. The first-order valence-electron chi connectivity index (χ1n) is 9.72. The van der Waals surface area contributed by atoms with Crippen LogP contribution in [0.1, 0.15) is 5.56 Å². The number of nitrogens with one attached hydrogen (secondary N) is 1. The van der Waals surface area contributed by atoms with Gasteiger partial charge in [-0.3, -0.25) is 4.90 Å². The molecule has 1 fully saturated rings. The van der Waals surface area contributed by atoms with Gasteiger partial charge in [0, 0.05) is 32.4 Å². The van der Waals surface area contributed by atoms with Crippen LogP contribution in [0.3, 0.4) is 0 Å². The molecule has 1 saturated heterocycles. The lowest BCUT2D eigenvalue weighted by Gasteiger charge is -2.37. The molecule has 0 amide bonds. The van der Waals surface area contributed by atoms with E-state index in [1.54, 1.807) is 37.3 Å². The van der Waals surface area contributed by atoms with Crippen molar-refractivity contribution in [1.82, 2.24) is 4.90 Å². The number of piperazine rings is 1. The molecule has 11 heteroatoms. The summed E-state index contributed by atoms with van der Waals surface area (Å²) >= 11 is 6.41. The molecule has 0 aliphatic carbocycles. The summed E-state index contributed by atoms with van der Waals surface area (Å²) < 4.78 is 52.9. The number of nitrogens with zero attached hydrogens (tertiary/aromatic N) is 3. The zero-order valence-corrected chi connectivity index (χ0v) is 19.6. The third kappa shape index (κ3) is 4.57. The zero-order valence-electron chi connectivity index (χ0n) is 17.2. The standard InChI is InChI=1S/C20H23ClN4O4S2/c1-14-11-15(21)17(12-19(14)30(2,26)27)25-9-7-24(8-10-25)13-20-22-16-5-3-4-6-18(16)31(28,29)23-20/h3-6,11-12H,7-10,13H2,1-2H3,(H,22,23).